The summed E-state index contributed by atoms with van der Waals surface area (Å²) in [5, 5.41) is 12.1. The standard InChI is InChI=1S/C23H24ClF3N4O2S/c1-14(2)12-31-21(15(3)33-19-7-5-4-6-18(19)24)29-30-22(31)34-13-20(32)28-17-10-8-16(9-11-17)23(25,26)27/h4-11,14-15H,12-13H2,1-3H3,(H,28,32). The Kier molecular flexibility index (Phi) is 8.48. The molecular formula is C23H24ClF3N4O2S. The third-order valence-electron chi connectivity index (χ3n) is 4.63. The van der Waals surface area contributed by atoms with Crippen molar-refractivity contribution in [2.45, 2.75) is 44.8 Å². The van der Waals surface area contributed by atoms with Crippen LogP contribution in [0.4, 0.5) is 18.9 Å². The third-order valence-corrected chi connectivity index (χ3v) is 5.90. The van der Waals surface area contributed by atoms with Crippen LogP contribution < -0.4 is 10.1 Å². The lowest BCUT2D eigenvalue weighted by Gasteiger charge is -2.18. The van der Waals surface area contributed by atoms with E-state index in [0.29, 0.717) is 28.3 Å². The number of hydrogen-bond donors (Lipinski definition) is 1. The molecule has 182 valence electrons. The van der Waals surface area contributed by atoms with Crippen LogP contribution in [0.5, 0.6) is 5.75 Å². The van der Waals surface area contributed by atoms with Crippen molar-refractivity contribution in [2.75, 3.05) is 11.1 Å². The molecule has 0 bridgehead atoms. The van der Waals surface area contributed by atoms with E-state index >= 15 is 0 Å². The average molecular weight is 513 g/mol. The maximum absolute atomic E-state index is 12.7. The largest absolute Gasteiger partial charge is 0.481 e. The number of amides is 1. The first-order valence-corrected chi connectivity index (χ1v) is 11.8. The average Bonchev–Trinajstić information content (AvgIpc) is 3.15. The Morgan fingerprint density at radius 2 is 1.79 bits per heavy atom. The molecule has 3 rings (SSSR count). The summed E-state index contributed by atoms with van der Waals surface area (Å²) in [6.45, 7) is 6.56. The predicted molar refractivity (Wildman–Crippen MR) is 126 cm³/mol. The van der Waals surface area contributed by atoms with Crippen LogP contribution in [0.1, 0.15) is 38.3 Å². The summed E-state index contributed by atoms with van der Waals surface area (Å²) in [5.74, 6) is 1.05. The first kappa shape index (κ1) is 25.9. The van der Waals surface area contributed by atoms with Gasteiger partial charge >= 0.3 is 6.18 Å². The quantitative estimate of drug-likeness (QED) is 0.332. The zero-order valence-electron chi connectivity index (χ0n) is 18.8. The fraction of sp³-hybridized carbons (Fsp3) is 0.348. The summed E-state index contributed by atoms with van der Waals surface area (Å²) >= 11 is 7.38. The topological polar surface area (TPSA) is 69.0 Å². The number of halogens is 4. The maximum atomic E-state index is 12.7. The lowest BCUT2D eigenvalue weighted by Crippen LogP contribution is -2.17. The molecule has 11 heteroatoms. The second kappa shape index (κ2) is 11.1. The molecule has 0 aliphatic heterocycles. The first-order chi connectivity index (χ1) is 16.0. The number of nitrogens with zero attached hydrogens (tertiary/aromatic N) is 3. The monoisotopic (exact) mass is 512 g/mol. The molecule has 0 aliphatic carbocycles. The number of alkyl halides is 3. The van der Waals surface area contributed by atoms with Gasteiger partial charge in [0.15, 0.2) is 17.1 Å². The summed E-state index contributed by atoms with van der Waals surface area (Å²) in [4.78, 5) is 12.4. The molecule has 0 fully saturated rings. The second-order valence-electron chi connectivity index (χ2n) is 7.95. The van der Waals surface area contributed by atoms with Crippen LogP contribution in [0.2, 0.25) is 5.02 Å². The molecule has 0 spiro atoms. The van der Waals surface area contributed by atoms with Crippen LogP contribution in [0.15, 0.2) is 53.7 Å². The van der Waals surface area contributed by atoms with E-state index in [9.17, 15) is 18.0 Å². The Hall–Kier alpha value is -2.72. The predicted octanol–water partition coefficient (Wildman–Crippen LogP) is 6.48. The highest BCUT2D eigenvalue weighted by atomic mass is 35.5. The molecule has 6 nitrogen and oxygen atoms in total. The van der Waals surface area contributed by atoms with E-state index < -0.39 is 17.8 Å². The van der Waals surface area contributed by atoms with E-state index in [2.05, 4.69) is 29.4 Å². The van der Waals surface area contributed by atoms with Gasteiger partial charge in [-0.15, -0.1) is 10.2 Å². The van der Waals surface area contributed by atoms with Gasteiger partial charge in [-0.25, -0.2) is 0 Å². The molecule has 0 aliphatic rings. The molecule has 1 heterocycles. The van der Waals surface area contributed by atoms with Gasteiger partial charge in [-0.1, -0.05) is 49.3 Å². The normalized spacial score (nSPS) is 12.6. The lowest BCUT2D eigenvalue weighted by molar-refractivity contribution is -0.137. The summed E-state index contributed by atoms with van der Waals surface area (Å²) in [6, 6.07) is 11.4. The highest BCUT2D eigenvalue weighted by Crippen LogP contribution is 2.31. The van der Waals surface area contributed by atoms with Gasteiger partial charge in [0.25, 0.3) is 0 Å². The minimum absolute atomic E-state index is 0.0109. The number of carbonyl (C=O) groups excluding carboxylic acids is 1. The molecule has 2 aromatic carbocycles. The van der Waals surface area contributed by atoms with E-state index in [-0.39, 0.29) is 23.3 Å². The van der Waals surface area contributed by atoms with Crippen LogP contribution >= 0.6 is 23.4 Å². The molecule has 0 radical (unpaired) electrons. The number of carbonyl (C=O) groups is 1. The first-order valence-electron chi connectivity index (χ1n) is 10.5. The Bertz CT molecular complexity index is 1120. The third kappa shape index (κ3) is 6.89. The molecule has 0 saturated heterocycles. The van der Waals surface area contributed by atoms with Crippen LogP contribution in [0, 0.1) is 5.92 Å². The van der Waals surface area contributed by atoms with Gasteiger partial charge in [-0.05, 0) is 49.2 Å². The van der Waals surface area contributed by atoms with Crippen molar-refractivity contribution >= 4 is 35.0 Å². The lowest BCUT2D eigenvalue weighted by atomic mass is 10.2. The molecule has 1 N–H and O–H groups in total. The van der Waals surface area contributed by atoms with Gasteiger partial charge in [0.1, 0.15) is 5.75 Å². The molecule has 1 atom stereocenters. The van der Waals surface area contributed by atoms with Crippen molar-refractivity contribution in [1.29, 1.82) is 0 Å². The van der Waals surface area contributed by atoms with Gasteiger partial charge < -0.3 is 14.6 Å². The highest BCUT2D eigenvalue weighted by molar-refractivity contribution is 7.99. The Morgan fingerprint density at radius 3 is 2.41 bits per heavy atom. The number of benzene rings is 2. The minimum Gasteiger partial charge on any atom is -0.481 e. The van der Waals surface area contributed by atoms with Gasteiger partial charge in [-0.3, -0.25) is 4.79 Å². The number of aromatic nitrogens is 3. The van der Waals surface area contributed by atoms with Crippen LogP contribution in [0.3, 0.4) is 0 Å². The molecule has 1 amide bonds. The Balaban J connectivity index is 1.67. The molecule has 0 saturated carbocycles. The molecule has 34 heavy (non-hydrogen) atoms. The maximum Gasteiger partial charge on any atom is 0.416 e. The van der Waals surface area contributed by atoms with Gasteiger partial charge in [0, 0.05) is 12.2 Å². The molecular weight excluding hydrogens is 489 g/mol. The highest BCUT2D eigenvalue weighted by Gasteiger charge is 2.30. The number of para-hydroxylation sites is 1. The smallest absolute Gasteiger partial charge is 0.416 e. The van der Waals surface area contributed by atoms with Crippen LogP contribution in [0.25, 0.3) is 0 Å². The van der Waals surface area contributed by atoms with E-state index in [1.54, 1.807) is 12.1 Å². The zero-order chi connectivity index (χ0) is 24.9. The summed E-state index contributed by atoms with van der Waals surface area (Å²) in [5.41, 5.74) is -0.494. The van der Waals surface area contributed by atoms with Crippen molar-refractivity contribution < 1.29 is 22.7 Å². The molecule has 3 aromatic rings. The summed E-state index contributed by atoms with van der Waals surface area (Å²) in [6.07, 6.45) is -4.87. The molecule has 1 aromatic heterocycles. The number of anilines is 1. The number of hydrogen-bond acceptors (Lipinski definition) is 5. The van der Waals surface area contributed by atoms with E-state index in [1.807, 2.05) is 23.6 Å². The molecule has 1 unspecified atom stereocenters. The number of nitrogens with one attached hydrogen (secondary N) is 1. The van der Waals surface area contributed by atoms with Crippen molar-refractivity contribution in [2.24, 2.45) is 5.92 Å². The van der Waals surface area contributed by atoms with Crippen molar-refractivity contribution in [3.8, 4) is 5.75 Å². The van der Waals surface area contributed by atoms with E-state index in [1.165, 1.54) is 23.9 Å². The van der Waals surface area contributed by atoms with Crippen LogP contribution in [-0.4, -0.2) is 26.4 Å². The number of thioether (sulfide) groups is 1. The summed E-state index contributed by atoms with van der Waals surface area (Å²) in [7, 11) is 0. The Morgan fingerprint density at radius 1 is 1.12 bits per heavy atom. The van der Waals surface area contributed by atoms with Crippen LogP contribution in [-0.2, 0) is 17.5 Å². The number of ether oxygens (including phenoxy) is 1. The fourth-order valence-electron chi connectivity index (χ4n) is 3.10. The van der Waals surface area contributed by atoms with Gasteiger partial charge in [-0.2, -0.15) is 13.2 Å². The van der Waals surface area contributed by atoms with Gasteiger partial charge in [0.2, 0.25) is 5.91 Å². The SMILES string of the molecule is CC(C)Cn1c(SCC(=O)Nc2ccc(C(F)(F)F)cc2)nnc1C(C)Oc1ccccc1Cl. The van der Waals surface area contributed by atoms with E-state index in [0.717, 1.165) is 12.1 Å². The second-order valence-corrected chi connectivity index (χ2v) is 9.30. The fourth-order valence-corrected chi connectivity index (χ4v) is 4.03. The van der Waals surface area contributed by atoms with E-state index in [4.69, 9.17) is 16.3 Å². The minimum atomic E-state index is -4.43. The van der Waals surface area contributed by atoms with Crippen molar-refractivity contribution in [3.63, 3.8) is 0 Å². The van der Waals surface area contributed by atoms with Gasteiger partial charge in [0.05, 0.1) is 16.3 Å². The van der Waals surface area contributed by atoms with Crippen molar-refractivity contribution in [1.82, 2.24) is 14.8 Å². The zero-order valence-corrected chi connectivity index (χ0v) is 20.3. The number of rotatable bonds is 9. The Labute approximate surface area is 204 Å². The summed E-state index contributed by atoms with van der Waals surface area (Å²) < 4.78 is 46.0. The van der Waals surface area contributed by atoms with Crippen molar-refractivity contribution in [3.05, 3.63) is 64.9 Å².